The SMILES string of the molecule is CCNCCCCCNC(=O)C(C)C. The lowest BCUT2D eigenvalue weighted by Gasteiger charge is -2.07. The van der Waals surface area contributed by atoms with Gasteiger partial charge in [0.2, 0.25) is 5.91 Å². The van der Waals surface area contributed by atoms with Crippen LogP contribution < -0.4 is 10.6 Å². The van der Waals surface area contributed by atoms with E-state index in [4.69, 9.17) is 0 Å². The number of amides is 1. The van der Waals surface area contributed by atoms with Crippen LogP contribution in [0.15, 0.2) is 0 Å². The summed E-state index contributed by atoms with van der Waals surface area (Å²) in [5.41, 5.74) is 0. The van der Waals surface area contributed by atoms with Gasteiger partial charge in [0.05, 0.1) is 0 Å². The van der Waals surface area contributed by atoms with Crippen LogP contribution in [0.2, 0.25) is 0 Å². The quantitative estimate of drug-likeness (QED) is 0.584. The zero-order valence-electron chi connectivity index (χ0n) is 9.73. The molecule has 84 valence electrons. The van der Waals surface area contributed by atoms with Crippen LogP contribution in [0.3, 0.4) is 0 Å². The Kier molecular flexibility index (Phi) is 8.64. The third kappa shape index (κ3) is 8.05. The van der Waals surface area contributed by atoms with Gasteiger partial charge in [0.1, 0.15) is 0 Å². The smallest absolute Gasteiger partial charge is 0.222 e. The van der Waals surface area contributed by atoms with Gasteiger partial charge in [0, 0.05) is 12.5 Å². The number of hydrogen-bond donors (Lipinski definition) is 2. The second-order valence-electron chi connectivity index (χ2n) is 3.86. The van der Waals surface area contributed by atoms with E-state index in [1.165, 1.54) is 12.8 Å². The summed E-state index contributed by atoms with van der Waals surface area (Å²) < 4.78 is 0. The van der Waals surface area contributed by atoms with E-state index in [0.717, 1.165) is 26.1 Å². The first-order chi connectivity index (χ1) is 6.68. The lowest BCUT2D eigenvalue weighted by Crippen LogP contribution is -2.28. The predicted molar refractivity (Wildman–Crippen MR) is 60.2 cm³/mol. The average Bonchev–Trinajstić information content (AvgIpc) is 2.16. The Morgan fingerprint density at radius 2 is 1.79 bits per heavy atom. The van der Waals surface area contributed by atoms with Crippen LogP contribution in [0.4, 0.5) is 0 Å². The van der Waals surface area contributed by atoms with Gasteiger partial charge in [0.15, 0.2) is 0 Å². The van der Waals surface area contributed by atoms with E-state index >= 15 is 0 Å². The van der Waals surface area contributed by atoms with Crippen molar-refractivity contribution >= 4 is 5.91 Å². The highest BCUT2D eigenvalue weighted by atomic mass is 16.1. The van der Waals surface area contributed by atoms with Crippen molar-refractivity contribution in [3.8, 4) is 0 Å². The number of unbranched alkanes of at least 4 members (excludes halogenated alkanes) is 2. The molecule has 0 aliphatic rings. The van der Waals surface area contributed by atoms with E-state index in [1.807, 2.05) is 13.8 Å². The van der Waals surface area contributed by atoms with Crippen LogP contribution in [0, 0.1) is 5.92 Å². The summed E-state index contributed by atoms with van der Waals surface area (Å²) in [4.78, 5) is 11.2. The van der Waals surface area contributed by atoms with Gasteiger partial charge in [-0.1, -0.05) is 27.2 Å². The molecule has 3 heteroatoms. The second-order valence-corrected chi connectivity index (χ2v) is 3.86. The zero-order chi connectivity index (χ0) is 10.8. The molecule has 0 saturated carbocycles. The predicted octanol–water partition coefficient (Wildman–Crippen LogP) is 1.54. The molecule has 1 amide bonds. The molecule has 0 atom stereocenters. The highest BCUT2D eigenvalue weighted by Gasteiger charge is 2.04. The molecule has 0 aliphatic carbocycles. The summed E-state index contributed by atoms with van der Waals surface area (Å²) >= 11 is 0. The summed E-state index contributed by atoms with van der Waals surface area (Å²) in [6.07, 6.45) is 3.47. The number of carbonyl (C=O) groups is 1. The third-order valence-corrected chi connectivity index (χ3v) is 2.10. The number of rotatable bonds is 8. The van der Waals surface area contributed by atoms with Crippen molar-refractivity contribution in [2.75, 3.05) is 19.6 Å². The Balaban J connectivity index is 3.10. The molecule has 0 aromatic rings. The Hall–Kier alpha value is -0.570. The van der Waals surface area contributed by atoms with Crippen LogP contribution in [0.25, 0.3) is 0 Å². The van der Waals surface area contributed by atoms with Crippen molar-refractivity contribution in [2.24, 2.45) is 5.92 Å². The molecule has 0 fully saturated rings. The van der Waals surface area contributed by atoms with E-state index in [1.54, 1.807) is 0 Å². The number of hydrogen-bond acceptors (Lipinski definition) is 2. The maximum atomic E-state index is 11.2. The molecule has 0 unspecified atom stereocenters. The Morgan fingerprint density at radius 3 is 2.36 bits per heavy atom. The molecule has 0 heterocycles. The summed E-state index contributed by atoms with van der Waals surface area (Å²) in [5.74, 6) is 0.272. The average molecular weight is 200 g/mol. The van der Waals surface area contributed by atoms with Gasteiger partial charge in [-0.05, 0) is 25.9 Å². The first kappa shape index (κ1) is 13.4. The molecule has 0 aliphatic heterocycles. The van der Waals surface area contributed by atoms with Crippen molar-refractivity contribution < 1.29 is 4.79 Å². The van der Waals surface area contributed by atoms with Gasteiger partial charge in [-0.2, -0.15) is 0 Å². The van der Waals surface area contributed by atoms with Crippen LogP contribution >= 0.6 is 0 Å². The van der Waals surface area contributed by atoms with E-state index in [0.29, 0.717) is 0 Å². The molecule has 3 nitrogen and oxygen atoms in total. The molecule has 14 heavy (non-hydrogen) atoms. The highest BCUT2D eigenvalue weighted by Crippen LogP contribution is 1.94. The fraction of sp³-hybridized carbons (Fsp3) is 0.909. The Morgan fingerprint density at radius 1 is 1.14 bits per heavy atom. The molecule has 0 bridgehead atoms. The molecule has 0 aromatic carbocycles. The van der Waals surface area contributed by atoms with E-state index < -0.39 is 0 Å². The minimum Gasteiger partial charge on any atom is -0.356 e. The van der Waals surface area contributed by atoms with Gasteiger partial charge >= 0.3 is 0 Å². The summed E-state index contributed by atoms with van der Waals surface area (Å²) in [6.45, 7) is 8.91. The van der Waals surface area contributed by atoms with E-state index in [2.05, 4.69) is 17.6 Å². The highest BCUT2D eigenvalue weighted by molar-refractivity contribution is 5.77. The van der Waals surface area contributed by atoms with Crippen LogP contribution in [-0.2, 0) is 4.79 Å². The lowest BCUT2D eigenvalue weighted by atomic mass is 10.2. The van der Waals surface area contributed by atoms with Crippen LogP contribution in [0.1, 0.15) is 40.0 Å². The monoisotopic (exact) mass is 200 g/mol. The topological polar surface area (TPSA) is 41.1 Å². The summed E-state index contributed by atoms with van der Waals surface area (Å²) in [7, 11) is 0. The van der Waals surface area contributed by atoms with Gasteiger partial charge in [-0.25, -0.2) is 0 Å². The van der Waals surface area contributed by atoms with Crippen molar-refractivity contribution in [2.45, 2.75) is 40.0 Å². The Bertz CT molecular complexity index is 146. The van der Waals surface area contributed by atoms with E-state index in [9.17, 15) is 4.79 Å². The molecule has 2 N–H and O–H groups in total. The van der Waals surface area contributed by atoms with Crippen molar-refractivity contribution in [3.63, 3.8) is 0 Å². The third-order valence-electron chi connectivity index (χ3n) is 2.10. The summed E-state index contributed by atoms with van der Waals surface area (Å²) in [6, 6.07) is 0. The molecule has 0 saturated heterocycles. The molecule has 0 spiro atoms. The first-order valence-corrected chi connectivity index (χ1v) is 5.67. The van der Waals surface area contributed by atoms with Crippen molar-refractivity contribution in [3.05, 3.63) is 0 Å². The minimum absolute atomic E-state index is 0.108. The van der Waals surface area contributed by atoms with Gasteiger partial charge in [-0.15, -0.1) is 0 Å². The number of carbonyl (C=O) groups excluding carboxylic acids is 1. The molecule has 0 radical (unpaired) electrons. The van der Waals surface area contributed by atoms with Gasteiger partial charge in [-0.3, -0.25) is 4.79 Å². The summed E-state index contributed by atoms with van der Waals surface area (Å²) in [5, 5.41) is 6.19. The fourth-order valence-electron chi connectivity index (χ4n) is 1.14. The standard InChI is InChI=1S/C11H24N2O/c1-4-12-8-6-5-7-9-13-11(14)10(2)3/h10,12H,4-9H2,1-3H3,(H,13,14). The second kappa shape index (κ2) is 9.00. The number of nitrogens with one attached hydrogen (secondary N) is 2. The molecule has 0 rings (SSSR count). The lowest BCUT2D eigenvalue weighted by molar-refractivity contribution is -0.123. The fourth-order valence-corrected chi connectivity index (χ4v) is 1.14. The van der Waals surface area contributed by atoms with E-state index in [-0.39, 0.29) is 11.8 Å². The Labute approximate surface area is 87.6 Å². The van der Waals surface area contributed by atoms with Crippen molar-refractivity contribution in [1.29, 1.82) is 0 Å². The van der Waals surface area contributed by atoms with Crippen LogP contribution in [0.5, 0.6) is 0 Å². The maximum absolute atomic E-state index is 11.2. The largest absolute Gasteiger partial charge is 0.356 e. The maximum Gasteiger partial charge on any atom is 0.222 e. The van der Waals surface area contributed by atoms with Gasteiger partial charge in [0.25, 0.3) is 0 Å². The van der Waals surface area contributed by atoms with Crippen LogP contribution in [-0.4, -0.2) is 25.5 Å². The first-order valence-electron chi connectivity index (χ1n) is 5.67. The van der Waals surface area contributed by atoms with Crippen molar-refractivity contribution in [1.82, 2.24) is 10.6 Å². The zero-order valence-corrected chi connectivity index (χ0v) is 9.73. The molecular weight excluding hydrogens is 176 g/mol. The van der Waals surface area contributed by atoms with Gasteiger partial charge < -0.3 is 10.6 Å². The normalized spacial score (nSPS) is 10.6. The molecular formula is C11H24N2O. The molecule has 0 aromatic heterocycles. The minimum atomic E-state index is 0.108.